The zero-order valence-corrected chi connectivity index (χ0v) is 27.9. The van der Waals surface area contributed by atoms with Gasteiger partial charge in [0.05, 0.1) is 23.5 Å². The zero-order valence-electron chi connectivity index (χ0n) is 27.1. The normalized spacial score (nSPS) is 40.0. The molecule has 1 aliphatic heterocycles. The number of fused-ring (bicyclic) bond motifs is 2. The van der Waals surface area contributed by atoms with Crippen molar-refractivity contribution in [1.29, 1.82) is 0 Å². The van der Waals surface area contributed by atoms with Crippen LogP contribution >= 0.6 is 12.4 Å². The summed E-state index contributed by atoms with van der Waals surface area (Å²) >= 11 is 0. The number of carbonyl (C=O) groups excluding carboxylic acids is 3. The quantitative estimate of drug-likeness (QED) is 0.135. The van der Waals surface area contributed by atoms with Crippen molar-refractivity contribution < 1.29 is 33.3 Å². The summed E-state index contributed by atoms with van der Waals surface area (Å²) in [4.78, 5) is 43.1. The van der Waals surface area contributed by atoms with Gasteiger partial charge in [-0.05, 0) is 76.5 Å². The molecule has 0 aromatic rings. The van der Waals surface area contributed by atoms with E-state index in [2.05, 4.69) is 38.3 Å². The van der Waals surface area contributed by atoms with Crippen molar-refractivity contribution in [3.8, 4) is 0 Å². The molecule has 8 nitrogen and oxygen atoms in total. The zero-order chi connectivity index (χ0) is 30.7. The first-order chi connectivity index (χ1) is 19.8. The number of ether oxygens (including phenoxy) is 4. The second kappa shape index (κ2) is 12.2. The van der Waals surface area contributed by atoms with Gasteiger partial charge in [-0.1, -0.05) is 44.9 Å². The Morgan fingerprint density at radius 2 is 1.88 bits per heavy atom. The number of rotatable bonds is 10. The maximum Gasteiger partial charge on any atom is 0.320 e. The molecule has 9 heteroatoms. The highest BCUT2D eigenvalue weighted by atomic mass is 35.5. The van der Waals surface area contributed by atoms with E-state index in [-0.39, 0.29) is 36.3 Å². The van der Waals surface area contributed by atoms with Crippen molar-refractivity contribution in [2.75, 3.05) is 33.0 Å². The van der Waals surface area contributed by atoms with E-state index in [1.54, 1.807) is 20.8 Å². The standard InChI is InChI=1S/C34H51NO7.ClH/c1-9-12-35-16-23(5)42-28(17-35)39-19-33-15-25-22(4)10-11-26(25)32(18-36)14-24(33)13-27(21(2)3)34(32,33)30(38)41-20-40-29(37)31(6,7)8;/h9,13,18,21-26,28H,1,10-12,14-17,19-20H2,2-8H3;1H/t22-,23-,24+,25-,26-,28-,32+,33+,34+;/m1./s1. The van der Waals surface area contributed by atoms with Crippen LogP contribution in [0.3, 0.4) is 0 Å². The van der Waals surface area contributed by atoms with Crippen LogP contribution in [0.4, 0.5) is 0 Å². The smallest absolute Gasteiger partial charge is 0.320 e. The largest absolute Gasteiger partial charge is 0.427 e. The van der Waals surface area contributed by atoms with E-state index >= 15 is 0 Å². The Morgan fingerprint density at radius 1 is 1.16 bits per heavy atom. The Hall–Kier alpha value is -1.74. The lowest BCUT2D eigenvalue weighted by Crippen LogP contribution is -2.64. The van der Waals surface area contributed by atoms with Crippen LogP contribution in [-0.4, -0.2) is 68.6 Å². The Balaban J connectivity index is 0.00000423. The number of carbonyl (C=O) groups is 3. The molecular formula is C34H52ClNO7. The van der Waals surface area contributed by atoms with Gasteiger partial charge in [0, 0.05) is 25.0 Å². The van der Waals surface area contributed by atoms with Gasteiger partial charge >= 0.3 is 11.9 Å². The molecule has 1 heterocycles. The molecule has 5 aliphatic rings. The van der Waals surface area contributed by atoms with E-state index in [0.717, 1.165) is 44.2 Å². The summed E-state index contributed by atoms with van der Waals surface area (Å²) in [5.74, 6) is 0.0313. The molecular weight excluding hydrogens is 570 g/mol. The van der Waals surface area contributed by atoms with E-state index in [4.69, 9.17) is 18.9 Å². The number of hydrogen-bond donors (Lipinski definition) is 0. The number of halogens is 1. The number of nitrogens with zero attached hydrogens (tertiary/aromatic N) is 1. The average molecular weight is 622 g/mol. The molecule has 0 aromatic heterocycles. The van der Waals surface area contributed by atoms with Crippen LogP contribution in [0.2, 0.25) is 0 Å². The molecule has 0 radical (unpaired) electrons. The SMILES string of the molecule is C=CCN1C[C@H](OC[C@@]23C[C@@H]4[C@H](C)CC[C@H]4[C@@]4(C=O)C[C@@H]2C=C(C(C)C)[C@@]34C(=O)OCOC(=O)C(C)(C)C)O[C@H](C)C1.Cl. The van der Waals surface area contributed by atoms with Crippen LogP contribution in [0, 0.1) is 51.2 Å². The molecule has 0 unspecified atom stereocenters. The van der Waals surface area contributed by atoms with E-state index < -0.39 is 46.7 Å². The molecule has 9 atom stereocenters. The minimum atomic E-state index is -1.18. The number of hydrogen-bond acceptors (Lipinski definition) is 8. The molecule has 242 valence electrons. The van der Waals surface area contributed by atoms with Gasteiger partial charge in [-0.3, -0.25) is 14.5 Å². The summed E-state index contributed by atoms with van der Waals surface area (Å²) in [5.41, 5.74) is -2.46. The van der Waals surface area contributed by atoms with Crippen LogP contribution < -0.4 is 0 Å². The van der Waals surface area contributed by atoms with E-state index in [0.29, 0.717) is 31.4 Å². The summed E-state index contributed by atoms with van der Waals surface area (Å²) in [6.45, 7) is 19.7. The third-order valence-corrected chi connectivity index (χ3v) is 11.3. The first-order valence-corrected chi connectivity index (χ1v) is 15.9. The van der Waals surface area contributed by atoms with Gasteiger partial charge in [0.2, 0.25) is 6.79 Å². The molecule has 3 saturated carbocycles. The maximum absolute atomic E-state index is 14.7. The predicted octanol–water partition coefficient (Wildman–Crippen LogP) is 5.59. The summed E-state index contributed by atoms with van der Waals surface area (Å²) in [6.07, 6.45) is 8.19. The van der Waals surface area contributed by atoms with Gasteiger partial charge in [-0.2, -0.15) is 0 Å². The average Bonchev–Trinajstić information content (AvgIpc) is 3.48. The van der Waals surface area contributed by atoms with Gasteiger partial charge in [0.15, 0.2) is 6.29 Å². The summed E-state index contributed by atoms with van der Waals surface area (Å²) in [6, 6.07) is 0. The van der Waals surface area contributed by atoms with Gasteiger partial charge in [0.25, 0.3) is 0 Å². The Morgan fingerprint density at radius 3 is 2.51 bits per heavy atom. The molecule has 43 heavy (non-hydrogen) atoms. The Bertz CT molecular complexity index is 1130. The van der Waals surface area contributed by atoms with Crippen molar-refractivity contribution >= 4 is 30.6 Å². The van der Waals surface area contributed by atoms with Crippen molar-refractivity contribution in [3.05, 3.63) is 24.3 Å². The second-order valence-corrected chi connectivity index (χ2v) is 15.1. The highest BCUT2D eigenvalue weighted by Gasteiger charge is 2.84. The summed E-state index contributed by atoms with van der Waals surface area (Å²) in [5, 5.41) is 0. The fraction of sp³-hybridized carbons (Fsp3) is 0.794. The molecule has 0 amide bonds. The van der Waals surface area contributed by atoms with Gasteiger partial charge in [-0.25, -0.2) is 0 Å². The fourth-order valence-corrected chi connectivity index (χ4v) is 9.73. The monoisotopic (exact) mass is 621 g/mol. The lowest BCUT2D eigenvalue weighted by atomic mass is 9.43. The number of aldehydes is 1. The number of allylic oxidation sites excluding steroid dienone is 1. The van der Waals surface area contributed by atoms with Crippen molar-refractivity contribution in [2.45, 2.75) is 86.5 Å². The van der Waals surface area contributed by atoms with Gasteiger partial charge in [-0.15, -0.1) is 19.0 Å². The highest BCUT2D eigenvalue weighted by Crippen LogP contribution is 2.82. The topological polar surface area (TPSA) is 91.4 Å². The Labute approximate surface area is 263 Å². The molecule has 4 bridgehead atoms. The third kappa shape index (κ3) is 5.12. The molecule has 4 aliphatic carbocycles. The molecule has 5 rings (SSSR count). The highest BCUT2D eigenvalue weighted by molar-refractivity contribution is 5.91. The van der Waals surface area contributed by atoms with Crippen LogP contribution in [0.5, 0.6) is 0 Å². The third-order valence-electron chi connectivity index (χ3n) is 11.3. The minimum Gasteiger partial charge on any atom is -0.427 e. The van der Waals surface area contributed by atoms with Crippen LogP contribution in [0.25, 0.3) is 0 Å². The van der Waals surface area contributed by atoms with Gasteiger partial charge < -0.3 is 23.7 Å². The lowest BCUT2D eigenvalue weighted by molar-refractivity contribution is -0.238. The summed E-state index contributed by atoms with van der Waals surface area (Å²) in [7, 11) is 0. The lowest BCUT2D eigenvalue weighted by Gasteiger charge is -2.59. The predicted molar refractivity (Wildman–Crippen MR) is 165 cm³/mol. The summed E-state index contributed by atoms with van der Waals surface area (Å²) < 4.78 is 24.3. The van der Waals surface area contributed by atoms with Crippen molar-refractivity contribution in [3.63, 3.8) is 0 Å². The van der Waals surface area contributed by atoms with Crippen LogP contribution in [0.1, 0.15) is 74.1 Å². The first-order valence-electron chi connectivity index (χ1n) is 15.9. The van der Waals surface area contributed by atoms with Crippen molar-refractivity contribution in [2.24, 2.45) is 51.2 Å². The van der Waals surface area contributed by atoms with E-state index in [9.17, 15) is 14.4 Å². The fourth-order valence-electron chi connectivity index (χ4n) is 9.73. The number of esters is 2. The van der Waals surface area contributed by atoms with Crippen LogP contribution in [-0.2, 0) is 33.3 Å². The van der Waals surface area contributed by atoms with Gasteiger partial charge in [0.1, 0.15) is 11.7 Å². The molecule has 1 saturated heterocycles. The molecule has 4 fully saturated rings. The molecule has 0 aromatic carbocycles. The Kier molecular flexibility index (Phi) is 9.70. The minimum absolute atomic E-state index is 0. The number of morpholine rings is 1. The second-order valence-electron chi connectivity index (χ2n) is 15.1. The maximum atomic E-state index is 14.7. The van der Waals surface area contributed by atoms with E-state index in [1.165, 1.54) is 0 Å². The van der Waals surface area contributed by atoms with Crippen molar-refractivity contribution in [1.82, 2.24) is 4.90 Å². The van der Waals surface area contributed by atoms with Crippen LogP contribution in [0.15, 0.2) is 24.3 Å². The molecule has 0 spiro atoms. The first kappa shape index (κ1) is 34.1. The van der Waals surface area contributed by atoms with E-state index in [1.807, 2.05) is 13.0 Å². The molecule has 0 N–H and O–H groups in total.